The zero-order chi connectivity index (χ0) is 9.26. The van der Waals surface area contributed by atoms with Gasteiger partial charge in [0, 0.05) is 6.54 Å². The lowest BCUT2D eigenvalue weighted by molar-refractivity contribution is 0.0967. The number of hydrogen-bond acceptors (Lipinski definition) is 5. The average Bonchev–Trinajstić information content (AvgIpc) is 2.72. The number of hydroxylamine groups is 1. The lowest BCUT2D eigenvalue weighted by Crippen LogP contribution is -2.17. The Hall–Kier alpha value is -0.980. The predicted octanol–water partition coefficient (Wildman–Crippen LogP) is -0.845. The monoisotopic (exact) mass is 184 g/mol. The molecule has 1 aromatic rings. The second-order valence-corrected chi connectivity index (χ2v) is 3.04. The Morgan fingerprint density at radius 2 is 2.62 bits per heavy atom. The van der Waals surface area contributed by atoms with Gasteiger partial charge in [0.2, 0.25) is 0 Å². The molecule has 0 aliphatic carbocycles. The maximum Gasteiger partial charge on any atom is 0.111 e. The second-order valence-electron chi connectivity index (χ2n) is 3.04. The first-order chi connectivity index (χ1) is 6.33. The van der Waals surface area contributed by atoms with E-state index in [2.05, 4.69) is 15.8 Å². The van der Waals surface area contributed by atoms with Crippen LogP contribution < -0.4 is 5.48 Å². The predicted molar refractivity (Wildman–Crippen MR) is 43.7 cm³/mol. The minimum Gasteiger partial charge on any atom is -0.390 e. The largest absolute Gasteiger partial charge is 0.390 e. The maximum absolute atomic E-state index is 8.91. The lowest BCUT2D eigenvalue weighted by Gasteiger charge is -2.07. The summed E-state index contributed by atoms with van der Waals surface area (Å²) in [5.74, 6) is 0. The molecular weight excluding hydrogens is 172 g/mol. The van der Waals surface area contributed by atoms with Gasteiger partial charge in [-0.1, -0.05) is 5.21 Å². The van der Waals surface area contributed by atoms with Crippen LogP contribution in [0, 0.1) is 6.92 Å². The van der Waals surface area contributed by atoms with Crippen molar-refractivity contribution in [2.24, 2.45) is 0 Å². The number of nitrogens with one attached hydrogen (secondary N) is 1. The summed E-state index contributed by atoms with van der Waals surface area (Å²) in [5.41, 5.74) is 4.31. The van der Waals surface area contributed by atoms with Crippen LogP contribution >= 0.6 is 0 Å². The fourth-order valence-corrected chi connectivity index (χ4v) is 1.39. The third-order valence-electron chi connectivity index (χ3n) is 2.22. The molecule has 1 aliphatic rings. The van der Waals surface area contributed by atoms with Crippen LogP contribution in [0.2, 0.25) is 0 Å². The van der Waals surface area contributed by atoms with Gasteiger partial charge in [0.15, 0.2) is 0 Å². The summed E-state index contributed by atoms with van der Waals surface area (Å²) in [6.07, 6.45) is 0. The van der Waals surface area contributed by atoms with Crippen molar-refractivity contribution in [1.82, 2.24) is 20.5 Å². The Labute approximate surface area is 75.5 Å². The standard InChI is InChI=1S/C7H12N4O2/c1-5-7(3-12)9-10-11(5)6-2-8-13-4-6/h6,8,12H,2-4H2,1H3. The van der Waals surface area contributed by atoms with Gasteiger partial charge in [0.05, 0.1) is 24.9 Å². The quantitative estimate of drug-likeness (QED) is 0.626. The molecule has 0 aromatic carbocycles. The van der Waals surface area contributed by atoms with E-state index in [-0.39, 0.29) is 12.6 Å². The van der Waals surface area contributed by atoms with Gasteiger partial charge in [-0.15, -0.1) is 5.10 Å². The van der Waals surface area contributed by atoms with Gasteiger partial charge in [0.1, 0.15) is 5.69 Å². The van der Waals surface area contributed by atoms with E-state index in [1.54, 1.807) is 4.68 Å². The average molecular weight is 184 g/mol. The lowest BCUT2D eigenvalue weighted by atomic mass is 10.3. The van der Waals surface area contributed by atoms with Gasteiger partial charge in [-0.2, -0.15) is 0 Å². The molecule has 0 bridgehead atoms. The normalized spacial score (nSPS) is 22.5. The Balaban J connectivity index is 2.24. The van der Waals surface area contributed by atoms with Crippen LogP contribution in [0.25, 0.3) is 0 Å². The molecule has 0 saturated carbocycles. The van der Waals surface area contributed by atoms with Crippen LogP contribution in [0.5, 0.6) is 0 Å². The summed E-state index contributed by atoms with van der Waals surface area (Å²) in [5, 5.41) is 16.7. The zero-order valence-electron chi connectivity index (χ0n) is 7.40. The summed E-state index contributed by atoms with van der Waals surface area (Å²) < 4.78 is 1.78. The molecule has 72 valence electrons. The highest BCUT2D eigenvalue weighted by Crippen LogP contribution is 2.13. The number of nitrogens with zero attached hydrogens (tertiary/aromatic N) is 3. The molecule has 2 N–H and O–H groups in total. The van der Waals surface area contributed by atoms with Crippen LogP contribution in [0.1, 0.15) is 17.4 Å². The maximum atomic E-state index is 8.91. The third-order valence-corrected chi connectivity index (χ3v) is 2.22. The topological polar surface area (TPSA) is 72.2 Å². The van der Waals surface area contributed by atoms with Gasteiger partial charge in [-0.3, -0.25) is 4.84 Å². The highest BCUT2D eigenvalue weighted by atomic mass is 16.7. The minimum atomic E-state index is -0.0627. The summed E-state index contributed by atoms with van der Waals surface area (Å²) >= 11 is 0. The van der Waals surface area contributed by atoms with Crippen LogP contribution in [0.4, 0.5) is 0 Å². The van der Waals surface area contributed by atoms with E-state index in [1.807, 2.05) is 6.92 Å². The smallest absolute Gasteiger partial charge is 0.111 e. The van der Waals surface area contributed by atoms with Crippen molar-refractivity contribution in [1.29, 1.82) is 0 Å². The third kappa shape index (κ3) is 1.43. The number of aliphatic hydroxyl groups is 1. The molecule has 2 rings (SSSR count). The first-order valence-electron chi connectivity index (χ1n) is 4.19. The van der Waals surface area contributed by atoms with Crippen molar-refractivity contribution in [3.63, 3.8) is 0 Å². The number of aromatic nitrogens is 3. The molecular formula is C7H12N4O2. The molecule has 13 heavy (non-hydrogen) atoms. The highest BCUT2D eigenvalue weighted by molar-refractivity contribution is 5.07. The first kappa shape index (κ1) is 8.61. The van der Waals surface area contributed by atoms with E-state index >= 15 is 0 Å². The van der Waals surface area contributed by atoms with Crippen LogP contribution in [-0.2, 0) is 11.4 Å². The van der Waals surface area contributed by atoms with Crippen molar-refractivity contribution in [3.8, 4) is 0 Å². The Morgan fingerprint density at radius 3 is 3.15 bits per heavy atom. The van der Waals surface area contributed by atoms with E-state index in [1.165, 1.54) is 0 Å². The first-order valence-corrected chi connectivity index (χ1v) is 4.19. The molecule has 1 atom stereocenters. The number of rotatable bonds is 2. The highest BCUT2D eigenvalue weighted by Gasteiger charge is 2.21. The van der Waals surface area contributed by atoms with Crippen LogP contribution in [0.15, 0.2) is 0 Å². The van der Waals surface area contributed by atoms with Crippen molar-refractivity contribution < 1.29 is 9.94 Å². The van der Waals surface area contributed by atoms with Crippen molar-refractivity contribution in [2.75, 3.05) is 13.2 Å². The summed E-state index contributed by atoms with van der Waals surface area (Å²) in [7, 11) is 0. The molecule has 1 fully saturated rings. The molecule has 1 saturated heterocycles. The van der Waals surface area contributed by atoms with Crippen LogP contribution in [-0.4, -0.2) is 33.3 Å². The number of hydrogen-bond donors (Lipinski definition) is 2. The van der Waals surface area contributed by atoms with Gasteiger partial charge in [0.25, 0.3) is 0 Å². The zero-order valence-corrected chi connectivity index (χ0v) is 7.40. The Morgan fingerprint density at radius 1 is 1.77 bits per heavy atom. The van der Waals surface area contributed by atoms with Gasteiger partial charge >= 0.3 is 0 Å². The van der Waals surface area contributed by atoms with Gasteiger partial charge < -0.3 is 5.11 Å². The number of aliphatic hydroxyl groups excluding tert-OH is 1. The minimum absolute atomic E-state index is 0.0627. The molecule has 6 nitrogen and oxygen atoms in total. The fraction of sp³-hybridized carbons (Fsp3) is 0.714. The molecule has 1 aromatic heterocycles. The van der Waals surface area contributed by atoms with E-state index in [0.717, 1.165) is 12.2 Å². The molecule has 1 aliphatic heterocycles. The Bertz CT molecular complexity index is 293. The van der Waals surface area contributed by atoms with E-state index in [4.69, 9.17) is 9.94 Å². The van der Waals surface area contributed by atoms with Crippen molar-refractivity contribution in [2.45, 2.75) is 19.6 Å². The molecule has 0 spiro atoms. The van der Waals surface area contributed by atoms with Gasteiger partial charge in [-0.05, 0) is 6.92 Å². The SMILES string of the molecule is Cc1c(CO)nnn1C1CNOC1. The molecule has 0 amide bonds. The van der Waals surface area contributed by atoms with E-state index in [9.17, 15) is 0 Å². The van der Waals surface area contributed by atoms with Crippen LogP contribution in [0.3, 0.4) is 0 Å². The van der Waals surface area contributed by atoms with E-state index in [0.29, 0.717) is 12.3 Å². The fourth-order valence-electron chi connectivity index (χ4n) is 1.39. The second kappa shape index (κ2) is 3.41. The van der Waals surface area contributed by atoms with Crippen molar-refractivity contribution >= 4 is 0 Å². The van der Waals surface area contributed by atoms with Crippen molar-refractivity contribution in [3.05, 3.63) is 11.4 Å². The molecule has 2 heterocycles. The molecule has 1 unspecified atom stereocenters. The summed E-state index contributed by atoms with van der Waals surface area (Å²) in [6.45, 7) is 3.15. The summed E-state index contributed by atoms with van der Waals surface area (Å²) in [6, 6.07) is 0.188. The molecule has 6 heteroatoms. The van der Waals surface area contributed by atoms with Gasteiger partial charge in [-0.25, -0.2) is 10.2 Å². The summed E-state index contributed by atoms with van der Waals surface area (Å²) in [4.78, 5) is 5.01. The molecule has 0 radical (unpaired) electrons. The van der Waals surface area contributed by atoms with E-state index < -0.39 is 0 Å². The Kier molecular flexibility index (Phi) is 2.26.